The van der Waals surface area contributed by atoms with Gasteiger partial charge in [0.1, 0.15) is 0 Å². The molecule has 0 aromatic heterocycles. The third-order valence-electron chi connectivity index (χ3n) is 3.53. The van der Waals surface area contributed by atoms with E-state index in [2.05, 4.69) is 5.32 Å². The van der Waals surface area contributed by atoms with Crippen LogP contribution in [0.4, 0.5) is 8.78 Å². The van der Waals surface area contributed by atoms with Crippen molar-refractivity contribution in [3.05, 3.63) is 0 Å². The van der Waals surface area contributed by atoms with Crippen molar-refractivity contribution in [2.24, 2.45) is 11.8 Å². The Kier molecular flexibility index (Phi) is 6.13. The van der Waals surface area contributed by atoms with Crippen LogP contribution in [0.25, 0.3) is 0 Å². The van der Waals surface area contributed by atoms with Crippen LogP contribution in [-0.2, 0) is 4.79 Å². The second-order valence-corrected chi connectivity index (χ2v) is 5.63. The Balaban J connectivity index is 2.65. The fraction of sp³-hybridized carbons (Fsp3) is 0.923. The second kappa shape index (κ2) is 7.14. The molecule has 1 aliphatic heterocycles. The quantitative estimate of drug-likeness (QED) is 0.791. The number of piperidine rings is 1. The molecule has 3 unspecified atom stereocenters. The Morgan fingerprint density at radius 3 is 2.47 bits per heavy atom. The van der Waals surface area contributed by atoms with E-state index in [1.807, 2.05) is 13.8 Å². The maximum atomic E-state index is 12.2. The lowest BCUT2D eigenvalue weighted by molar-refractivity contribution is -0.137. The monoisotopic (exact) mass is 278 g/mol. The number of hydrogen-bond acceptors (Lipinski definition) is 3. The summed E-state index contributed by atoms with van der Waals surface area (Å²) in [4.78, 5) is 13.7. The lowest BCUT2D eigenvalue weighted by atomic mass is 9.89. The fourth-order valence-electron chi connectivity index (χ4n) is 2.44. The SMILES string of the molecule is CC(C)C(=O)N1CC(NCC(F)F)CC(C(C)O)C1. The zero-order valence-electron chi connectivity index (χ0n) is 11.8. The number of nitrogens with zero attached hydrogens (tertiary/aromatic N) is 1. The second-order valence-electron chi connectivity index (χ2n) is 5.63. The van der Waals surface area contributed by atoms with E-state index in [-0.39, 0.29) is 30.3 Å². The van der Waals surface area contributed by atoms with E-state index in [9.17, 15) is 18.7 Å². The number of aliphatic hydroxyl groups is 1. The Hall–Kier alpha value is -0.750. The summed E-state index contributed by atoms with van der Waals surface area (Å²) < 4.78 is 24.5. The molecule has 0 aliphatic carbocycles. The molecule has 4 nitrogen and oxygen atoms in total. The molecular weight excluding hydrogens is 254 g/mol. The van der Waals surface area contributed by atoms with E-state index in [1.165, 1.54) is 0 Å². The van der Waals surface area contributed by atoms with Gasteiger partial charge in [-0.05, 0) is 13.3 Å². The Bertz CT molecular complexity index is 298. The van der Waals surface area contributed by atoms with Gasteiger partial charge in [-0.15, -0.1) is 0 Å². The number of alkyl halides is 2. The number of likely N-dealkylation sites (tertiary alicyclic amines) is 1. The number of carbonyl (C=O) groups is 1. The van der Waals surface area contributed by atoms with E-state index in [0.717, 1.165) is 0 Å². The third kappa shape index (κ3) is 5.03. The fourth-order valence-corrected chi connectivity index (χ4v) is 2.44. The van der Waals surface area contributed by atoms with Crippen molar-refractivity contribution in [1.82, 2.24) is 10.2 Å². The predicted octanol–water partition coefficient (Wildman–Crippen LogP) is 1.09. The van der Waals surface area contributed by atoms with Crippen LogP contribution < -0.4 is 5.32 Å². The summed E-state index contributed by atoms with van der Waals surface area (Å²) in [5, 5.41) is 12.5. The largest absolute Gasteiger partial charge is 0.393 e. The minimum atomic E-state index is -2.40. The van der Waals surface area contributed by atoms with Crippen LogP contribution in [0.5, 0.6) is 0 Å². The van der Waals surface area contributed by atoms with Crippen LogP contribution in [0.2, 0.25) is 0 Å². The zero-order valence-corrected chi connectivity index (χ0v) is 11.8. The van der Waals surface area contributed by atoms with Gasteiger partial charge in [0.2, 0.25) is 5.91 Å². The van der Waals surface area contributed by atoms with Gasteiger partial charge >= 0.3 is 0 Å². The van der Waals surface area contributed by atoms with E-state index in [0.29, 0.717) is 19.5 Å². The number of halogens is 2. The van der Waals surface area contributed by atoms with E-state index in [4.69, 9.17) is 0 Å². The molecule has 1 rings (SSSR count). The molecule has 0 saturated carbocycles. The Labute approximate surface area is 113 Å². The topological polar surface area (TPSA) is 52.6 Å². The number of rotatable bonds is 5. The maximum absolute atomic E-state index is 12.2. The van der Waals surface area contributed by atoms with Crippen LogP contribution in [0.15, 0.2) is 0 Å². The van der Waals surface area contributed by atoms with Crippen molar-refractivity contribution in [3.63, 3.8) is 0 Å². The first-order chi connectivity index (χ1) is 8.81. The van der Waals surface area contributed by atoms with Crippen molar-refractivity contribution in [1.29, 1.82) is 0 Å². The van der Waals surface area contributed by atoms with Gasteiger partial charge in [0, 0.05) is 31.0 Å². The first kappa shape index (κ1) is 16.3. The number of aliphatic hydroxyl groups excluding tert-OH is 1. The lowest BCUT2D eigenvalue weighted by Gasteiger charge is -2.40. The molecule has 0 radical (unpaired) electrons. The van der Waals surface area contributed by atoms with Crippen LogP contribution in [0, 0.1) is 11.8 Å². The molecule has 0 bridgehead atoms. The Morgan fingerprint density at radius 1 is 1.37 bits per heavy atom. The van der Waals surface area contributed by atoms with Gasteiger partial charge in [-0.1, -0.05) is 13.8 Å². The average Bonchev–Trinajstić information content (AvgIpc) is 2.34. The minimum absolute atomic E-state index is 0.00852. The summed E-state index contributed by atoms with van der Waals surface area (Å²) in [6, 6.07) is -0.176. The van der Waals surface area contributed by atoms with Crippen molar-refractivity contribution in [3.8, 4) is 0 Å². The molecule has 1 fully saturated rings. The summed E-state index contributed by atoms with van der Waals surface area (Å²) in [6.45, 7) is 5.87. The van der Waals surface area contributed by atoms with Gasteiger partial charge in [0.05, 0.1) is 12.6 Å². The summed E-state index contributed by atoms with van der Waals surface area (Å²) in [5.74, 6) is -0.177. The molecular formula is C13H24F2N2O2. The number of nitrogens with one attached hydrogen (secondary N) is 1. The maximum Gasteiger partial charge on any atom is 0.250 e. The van der Waals surface area contributed by atoms with Crippen molar-refractivity contribution >= 4 is 5.91 Å². The van der Waals surface area contributed by atoms with Crippen LogP contribution in [0.1, 0.15) is 27.2 Å². The standard InChI is InChI=1S/C13H24F2N2O2/c1-8(2)13(19)17-6-10(9(3)18)4-11(7-17)16-5-12(14)15/h8-12,16,18H,4-7H2,1-3H3. The third-order valence-corrected chi connectivity index (χ3v) is 3.53. The molecule has 19 heavy (non-hydrogen) atoms. The minimum Gasteiger partial charge on any atom is -0.393 e. The molecule has 1 aliphatic rings. The predicted molar refractivity (Wildman–Crippen MR) is 69.0 cm³/mol. The van der Waals surface area contributed by atoms with Gasteiger partial charge in [0.25, 0.3) is 6.43 Å². The zero-order chi connectivity index (χ0) is 14.6. The average molecular weight is 278 g/mol. The van der Waals surface area contributed by atoms with Gasteiger partial charge in [-0.3, -0.25) is 4.79 Å². The molecule has 0 aromatic carbocycles. The van der Waals surface area contributed by atoms with Gasteiger partial charge in [0.15, 0.2) is 0 Å². The van der Waals surface area contributed by atoms with E-state index >= 15 is 0 Å². The number of carbonyl (C=O) groups excluding carboxylic acids is 1. The molecule has 3 atom stereocenters. The summed E-state index contributed by atoms with van der Waals surface area (Å²) in [6.07, 6.45) is -2.33. The summed E-state index contributed by atoms with van der Waals surface area (Å²) in [5.41, 5.74) is 0. The smallest absolute Gasteiger partial charge is 0.250 e. The molecule has 0 aromatic rings. The van der Waals surface area contributed by atoms with Crippen molar-refractivity contribution in [2.45, 2.75) is 45.8 Å². The Morgan fingerprint density at radius 2 is 2.00 bits per heavy atom. The van der Waals surface area contributed by atoms with Gasteiger partial charge in [-0.25, -0.2) is 8.78 Å². The van der Waals surface area contributed by atoms with E-state index in [1.54, 1.807) is 11.8 Å². The first-order valence-corrected chi connectivity index (χ1v) is 6.79. The summed E-state index contributed by atoms with van der Waals surface area (Å²) in [7, 11) is 0. The number of amides is 1. The van der Waals surface area contributed by atoms with Crippen molar-refractivity contribution < 1.29 is 18.7 Å². The number of hydrogen-bond donors (Lipinski definition) is 2. The highest BCUT2D eigenvalue weighted by Crippen LogP contribution is 2.21. The molecule has 0 spiro atoms. The molecule has 112 valence electrons. The van der Waals surface area contributed by atoms with E-state index < -0.39 is 12.5 Å². The van der Waals surface area contributed by atoms with Crippen LogP contribution >= 0.6 is 0 Å². The highest BCUT2D eigenvalue weighted by atomic mass is 19.3. The van der Waals surface area contributed by atoms with Gasteiger partial charge in [-0.2, -0.15) is 0 Å². The highest BCUT2D eigenvalue weighted by Gasteiger charge is 2.33. The highest BCUT2D eigenvalue weighted by molar-refractivity contribution is 5.78. The lowest BCUT2D eigenvalue weighted by Crippen LogP contribution is -2.54. The molecule has 1 saturated heterocycles. The van der Waals surface area contributed by atoms with Crippen LogP contribution in [0.3, 0.4) is 0 Å². The molecule has 6 heteroatoms. The normalized spacial score (nSPS) is 26.0. The first-order valence-electron chi connectivity index (χ1n) is 6.79. The van der Waals surface area contributed by atoms with Crippen LogP contribution in [-0.4, -0.2) is 54.1 Å². The van der Waals surface area contributed by atoms with Gasteiger partial charge < -0.3 is 15.3 Å². The molecule has 2 N–H and O–H groups in total. The molecule has 1 amide bonds. The summed E-state index contributed by atoms with van der Waals surface area (Å²) >= 11 is 0. The molecule has 1 heterocycles. The van der Waals surface area contributed by atoms with Crippen molar-refractivity contribution in [2.75, 3.05) is 19.6 Å².